The minimum atomic E-state index is -0.123. The highest BCUT2D eigenvalue weighted by molar-refractivity contribution is 5.94. The lowest BCUT2D eigenvalue weighted by atomic mass is 10.2. The maximum atomic E-state index is 12.0. The van der Waals surface area contributed by atoms with Gasteiger partial charge in [0, 0.05) is 31.0 Å². The Morgan fingerprint density at radius 1 is 1.42 bits per heavy atom. The molecule has 0 aromatic carbocycles. The van der Waals surface area contributed by atoms with E-state index in [1.54, 1.807) is 36.3 Å². The maximum absolute atomic E-state index is 12.0. The molecule has 0 spiro atoms. The molecule has 0 saturated heterocycles. The second kappa shape index (κ2) is 5.94. The molecule has 1 amide bonds. The summed E-state index contributed by atoms with van der Waals surface area (Å²) in [6.07, 6.45) is 3.36. The monoisotopic (exact) mass is 260 g/mol. The van der Waals surface area contributed by atoms with Crippen molar-refractivity contribution in [2.75, 3.05) is 18.9 Å². The quantitative estimate of drug-likeness (QED) is 0.815. The zero-order valence-corrected chi connectivity index (χ0v) is 10.9. The summed E-state index contributed by atoms with van der Waals surface area (Å²) >= 11 is 0. The van der Waals surface area contributed by atoms with Gasteiger partial charge in [-0.3, -0.25) is 9.48 Å². The molecule has 2 rings (SSSR count). The average Bonchev–Trinajstić information content (AvgIpc) is 2.91. The first-order valence-corrected chi connectivity index (χ1v) is 5.98. The lowest BCUT2D eigenvalue weighted by molar-refractivity contribution is 0.0951. The van der Waals surface area contributed by atoms with Crippen LogP contribution in [0.25, 0.3) is 0 Å². The van der Waals surface area contributed by atoms with E-state index in [4.69, 9.17) is 0 Å². The SMILES string of the molecule is CNc1cc(C(=O)NCCn2ccnn2)cc(C)n1. The van der Waals surface area contributed by atoms with E-state index in [2.05, 4.69) is 25.9 Å². The van der Waals surface area contributed by atoms with Gasteiger partial charge < -0.3 is 10.6 Å². The summed E-state index contributed by atoms with van der Waals surface area (Å²) in [6.45, 7) is 2.94. The van der Waals surface area contributed by atoms with Crippen molar-refractivity contribution in [1.29, 1.82) is 0 Å². The summed E-state index contributed by atoms with van der Waals surface area (Å²) in [5.74, 6) is 0.559. The van der Waals surface area contributed by atoms with Gasteiger partial charge in [-0.25, -0.2) is 4.98 Å². The zero-order chi connectivity index (χ0) is 13.7. The van der Waals surface area contributed by atoms with Gasteiger partial charge in [0.15, 0.2) is 0 Å². The minimum Gasteiger partial charge on any atom is -0.373 e. The van der Waals surface area contributed by atoms with Crippen LogP contribution in [-0.4, -0.2) is 39.5 Å². The number of aromatic nitrogens is 4. The van der Waals surface area contributed by atoms with Crippen molar-refractivity contribution in [2.24, 2.45) is 0 Å². The predicted molar refractivity (Wildman–Crippen MR) is 70.9 cm³/mol. The molecule has 0 aliphatic rings. The van der Waals surface area contributed by atoms with Crippen LogP contribution in [0.15, 0.2) is 24.5 Å². The molecule has 0 atom stereocenters. The van der Waals surface area contributed by atoms with E-state index in [9.17, 15) is 4.79 Å². The lowest BCUT2D eigenvalue weighted by Crippen LogP contribution is -2.27. The number of nitrogens with one attached hydrogen (secondary N) is 2. The number of aryl methyl sites for hydroxylation is 1. The van der Waals surface area contributed by atoms with E-state index in [0.29, 0.717) is 24.5 Å². The Bertz CT molecular complexity index is 551. The molecule has 0 bridgehead atoms. The summed E-state index contributed by atoms with van der Waals surface area (Å²) in [5, 5.41) is 13.3. The van der Waals surface area contributed by atoms with Gasteiger partial charge >= 0.3 is 0 Å². The third kappa shape index (κ3) is 3.51. The summed E-state index contributed by atoms with van der Waals surface area (Å²) in [7, 11) is 1.77. The van der Waals surface area contributed by atoms with E-state index >= 15 is 0 Å². The zero-order valence-electron chi connectivity index (χ0n) is 10.9. The van der Waals surface area contributed by atoms with Gasteiger partial charge in [-0.05, 0) is 19.1 Å². The Hall–Kier alpha value is -2.44. The Kier molecular flexibility index (Phi) is 4.07. The number of anilines is 1. The Labute approximate surface area is 111 Å². The molecule has 7 heteroatoms. The third-order valence-corrected chi connectivity index (χ3v) is 2.57. The van der Waals surface area contributed by atoms with Gasteiger partial charge in [0.25, 0.3) is 5.91 Å². The van der Waals surface area contributed by atoms with Crippen molar-refractivity contribution in [2.45, 2.75) is 13.5 Å². The first-order chi connectivity index (χ1) is 9.19. The van der Waals surface area contributed by atoms with Crippen molar-refractivity contribution in [3.05, 3.63) is 35.8 Å². The molecule has 0 aliphatic carbocycles. The molecule has 0 fully saturated rings. The lowest BCUT2D eigenvalue weighted by Gasteiger charge is -2.07. The van der Waals surface area contributed by atoms with Gasteiger partial charge in [-0.2, -0.15) is 0 Å². The van der Waals surface area contributed by atoms with E-state index in [1.807, 2.05) is 6.92 Å². The molecular weight excluding hydrogens is 244 g/mol. The van der Waals surface area contributed by atoms with Crippen molar-refractivity contribution in [1.82, 2.24) is 25.3 Å². The molecule has 7 nitrogen and oxygen atoms in total. The summed E-state index contributed by atoms with van der Waals surface area (Å²) in [4.78, 5) is 16.2. The summed E-state index contributed by atoms with van der Waals surface area (Å²) in [6, 6.07) is 3.48. The van der Waals surface area contributed by atoms with Crippen LogP contribution in [0, 0.1) is 6.92 Å². The molecule has 0 saturated carbocycles. The highest BCUT2D eigenvalue weighted by Crippen LogP contribution is 2.09. The predicted octanol–water partition coefficient (Wildman–Crippen LogP) is 0.453. The standard InChI is InChI=1S/C12H16N6O/c1-9-7-10(8-11(13-2)16-9)12(19)14-3-5-18-6-4-15-17-18/h4,6-8H,3,5H2,1-2H3,(H,13,16)(H,14,19). The number of amides is 1. The Morgan fingerprint density at radius 3 is 2.95 bits per heavy atom. The minimum absolute atomic E-state index is 0.123. The van der Waals surface area contributed by atoms with Crippen molar-refractivity contribution in [3.8, 4) is 0 Å². The van der Waals surface area contributed by atoms with Crippen molar-refractivity contribution >= 4 is 11.7 Å². The van der Waals surface area contributed by atoms with Gasteiger partial charge in [0.1, 0.15) is 5.82 Å². The normalized spacial score (nSPS) is 10.2. The molecule has 100 valence electrons. The molecule has 0 unspecified atom stereocenters. The van der Waals surface area contributed by atoms with Gasteiger partial charge in [-0.15, -0.1) is 5.10 Å². The average molecular weight is 260 g/mol. The number of nitrogens with zero attached hydrogens (tertiary/aromatic N) is 4. The van der Waals surface area contributed by atoms with Crippen LogP contribution in [0.1, 0.15) is 16.1 Å². The number of hydrogen-bond acceptors (Lipinski definition) is 5. The number of rotatable bonds is 5. The van der Waals surface area contributed by atoms with Crippen LogP contribution in [0.5, 0.6) is 0 Å². The highest BCUT2D eigenvalue weighted by atomic mass is 16.1. The first kappa shape index (κ1) is 13.0. The molecule has 0 radical (unpaired) electrons. The van der Waals surface area contributed by atoms with Crippen LogP contribution < -0.4 is 10.6 Å². The van der Waals surface area contributed by atoms with Crippen LogP contribution >= 0.6 is 0 Å². The first-order valence-electron chi connectivity index (χ1n) is 5.98. The molecule has 2 aromatic heterocycles. The molecular formula is C12H16N6O. The number of pyridine rings is 1. The van der Waals surface area contributed by atoms with Crippen molar-refractivity contribution in [3.63, 3.8) is 0 Å². The highest BCUT2D eigenvalue weighted by Gasteiger charge is 2.07. The summed E-state index contributed by atoms with van der Waals surface area (Å²) < 4.78 is 1.66. The largest absolute Gasteiger partial charge is 0.373 e. The number of carbonyl (C=O) groups excluding carboxylic acids is 1. The van der Waals surface area contributed by atoms with E-state index < -0.39 is 0 Å². The molecule has 0 aliphatic heterocycles. The fraction of sp³-hybridized carbons (Fsp3) is 0.333. The van der Waals surface area contributed by atoms with Crippen LogP contribution in [-0.2, 0) is 6.54 Å². The van der Waals surface area contributed by atoms with E-state index in [1.165, 1.54) is 0 Å². The maximum Gasteiger partial charge on any atom is 0.251 e. The number of carbonyl (C=O) groups is 1. The Morgan fingerprint density at radius 2 is 2.26 bits per heavy atom. The fourth-order valence-electron chi connectivity index (χ4n) is 1.67. The topological polar surface area (TPSA) is 84.7 Å². The van der Waals surface area contributed by atoms with Crippen LogP contribution in [0.4, 0.5) is 5.82 Å². The molecule has 2 aromatic rings. The van der Waals surface area contributed by atoms with Gasteiger partial charge in [-0.1, -0.05) is 5.21 Å². The van der Waals surface area contributed by atoms with Crippen LogP contribution in [0.3, 0.4) is 0 Å². The van der Waals surface area contributed by atoms with Gasteiger partial charge in [0.05, 0.1) is 12.7 Å². The molecule has 2 heterocycles. The smallest absolute Gasteiger partial charge is 0.251 e. The summed E-state index contributed by atoms with van der Waals surface area (Å²) in [5.41, 5.74) is 1.39. The number of hydrogen-bond donors (Lipinski definition) is 2. The van der Waals surface area contributed by atoms with E-state index in [0.717, 1.165) is 5.69 Å². The second-order valence-electron chi connectivity index (χ2n) is 4.05. The third-order valence-electron chi connectivity index (χ3n) is 2.57. The fourth-order valence-corrected chi connectivity index (χ4v) is 1.67. The second-order valence-corrected chi connectivity index (χ2v) is 4.05. The van der Waals surface area contributed by atoms with Crippen LogP contribution in [0.2, 0.25) is 0 Å². The van der Waals surface area contributed by atoms with E-state index in [-0.39, 0.29) is 5.91 Å². The molecule has 19 heavy (non-hydrogen) atoms. The van der Waals surface area contributed by atoms with Gasteiger partial charge in [0.2, 0.25) is 0 Å². The Balaban J connectivity index is 1.94. The van der Waals surface area contributed by atoms with Crippen molar-refractivity contribution < 1.29 is 4.79 Å². The molecule has 2 N–H and O–H groups in total.